The third-order valence-electron chi connectivity index (χ3n) is 3.09. The van der Waals surface area contributed by atoms with E-state index in [0.29, 0.717) is 17.0 Å². The lowest BCUT2D eigenvalue weighted by Gasteiger charge is -2.12. The standard InChI is InChI=1S/C17H18N2O2/c1-12(18)13(2)19-17(20)14-8-10-16(11-9-14)21-15-6-4-3-5-7-15/h3-11,13,18H,1-2H3,(H,19,20). The van der Waals surface area contributed by atoms with Crippen molar-refractivity contribution >= 4 is 11.6 Å². The summed E-state index contributed by atoms with van der Waals surface area (Å²) in [7, 11) is 0. The fourth-order valence-corrected chi connectivity index (χ4v) is 1.69. The number of carbonyl (C=O) groups is 1. The molecule has 1 unspecified atom stereocenters. The molecular formula is C17H18N2O2. The molecule has 4 heteroatoms. The Morgan fingerprint density at radius 3 is 2.19 bits per heavy atom. The lowest BCUT2D eigenvalue weighted by atomic mass is 10.1. The normalized spacial score (nSPS) is 11.5. The molecule has 2 aromatic rings. The van der Waals surface area contributed by atoms with Gasteiger partial charge in [-0.1, -0.05) is 18.2 Å². The zero-order chi connectivity index (χ0) is 15.2. The summed E-state index contributed by atoms with van der Waals surface area (Å²) in [6.07, 6.45) is 0. The van der Waals surface area contributed by atoms with Gasteiger partial charge in [0.05, 0.1) is 6.04 Å². The maximum atomic E-state index is 12.0. The number of rotatable bonds is 5. The average molecular weight is 282 g/mol. The molecule has 0 aromatic heterocycles. The Morgan fingerprint density at radius 2 is 1.62 bits per heavy atom. The molecule has 2 N–H and O–H groups in total. The van der Waals surface area contributed by atoms with Gasteiger partial charge in [-0.2, -0.15) is 0 Å². The summed E-state index contributed by atoms with van der Waals surface area (Å²) >= 11 is 0. The van der Waals surface area contributed by atoms with Crippen molar-refractivity contribution in [1.29, 1.82) is 5.41 Å². The minimum atomic E-state index is -0.266. The Bertz CT molecular complexity index is 621. The molecule has 0 fully saturated rings. The molecule has 108 valence electrons. The van der Waals surface area contributed by atoms with Gasteiger partial charge in [-0.3, -0.25) is 4.79 Å². The number of para-hydroxylation sites is 1. The Labute approximate surface area is 124 Å². The van der Waals surface area contributed by atoms with E-state index in [9.17, 15) is 4.79 Å². The molecule has 0 spiro atoms. The van der Waals surface area contributed by atoms with Crippen molar-refractivity contribution < 1.29 is 9.53 Å². The molecule has 2 aromatic carbocycles. The third-order valence-corrected chi connectivity index (χ3v) is 3.09. The van der Waals surface area contributed by atoms with Gasteiger partial charge in [0.2, 0.25) is 0 Å². The molecule has 4 nitrogen and oxygen atoms in total. The van der Waals surface area contributed by atoms with Gasteiger partial charge in [0.15, 0.2) is 0 Å². The number of benzene rings is 2. The first kappa shape index (κ1) is 14.8. The molecule has 2 rings (SSSR count). The van der Waals surface area contributed by atoms with Crippen LogP contribution in [-0.4, -0.2) is 17.7 Å². The molecule has 0 saturated heterocycles. The van der Waals surface area contributed by atoms with Crippen LogP contribution in [-0.2, 0) is 0 Å². The largest absolute Gasteiger partial charge is 0.457 e. The smallest absolute Gasteiger partial charge is 0.251 e. The average Bonchev–Trinajstić information content (AvgIpc) is 2.48. The molecule has 0 aliphatic carbocycles. The zero-order valence-electron chi connectivity index (χ0n) is 12.1. The van der Waals surface area contributed by atoms with Gasteiger partial charge in [-0.05, 0) is 50.2 Å². The minimum absolute atomic E-state index is 0.194. The Morgan fingerprint density at radius 1 is 1.05 bits per heavy atom. The van der Waals surface area contributed by atoms with E-state index in [1.165, 1.54) is 0 Å². The minimum Gasteiger partial charge on any atom is -0.457 e. The van der Waals surface area contributed by atoms with E-state index in [0.717, 1.165) is 5.75 Å². The number of hydrogen-bond acceptors (Lipinski definition) is 3. The fourth-order valence-electron chi connectivity index (χ4n) is 1.69. The van der Waals surface area contributed by atoms with Crippen LogP contribution in [0.25, 0.3) is 0 Å². The van der Waals surface area contributed by atoms with Gasteiger partial charge in [-0.25, -0.2) is 0 Å². The van der Waals surface area contributed by atoms with Crippen LogP contribution in [0.5, 0.6) is 11.5 Å². The Balaban J connectivity index is 2.02. The van der Waals surface area contributed by atoms with Gasteiger partial charge in [0.1, 0.15) is 11.5 Å². The van der Waals surface area contributed by atoms with E-state index in [1.807, 2.05) is 30.3 Å². The van der Waals surface area contributed by atoms with E-state index >= 15 is 0 Å². The van der Waals surface area contributed by atoms with Gasteiger partial charge in [-0.15, -0.1) is 0 Å². The SMILES string of the molecule is CC(=N)C(C)NC(=O)c1ccc(Oc2ccccc2)cc1. The predicted octanol–water partition coefficient (Wildman–Crippen LogP) is 3.64. The molecule has 1 atom stereocenters. The number of amides is 1. The maximum absolute atomic E-state index is 12.0. The highest BCUT2D eigenvalue weighted by atomic mass is 16.5. The summed E-state index contributed by atoms with van der Waals surface area (Å²) in [5, 5.41) is 10.2. The van der Waals surface area contributed by atoms with Gasteiger partial charge >= 0.3 is 0 Å². The fraction of sp³-hybridized carbons (Fsp3) is 0.176. The van der Waals surface area contributed by atoms with Crippen molar-refractivity contribution in [3.8, 4) is 11.5 Å². The van der Waals surface area contributed by atoms with Crippen LogP contribution >= 0.6 is 0 Å². The molecule has 0 aliphatic rings. The second-order valence-electron chi connectivity index (χ2n) is 4.82. The van der Waals surface area contributed by atoms with Crippen molar-refractivity contribution in [3.05, 3.63) is 60.2 Å². The maximum Gasteiger partial charge on any atom is 0.251 e. The first-order chi connectivity index (χ1) is 10.1. The molecule has 0 bridgehead atoms. The highest BCUT2D eigenvalue weighted by molar-refractivity contribution is 5.97. The van der Waals surface area contributed by atoms with Gasteiger partial charge in [0.25, 0.3) is 5.91 Å². The third kappa shape index (κ3) is 4.18. The van der Waals surface area contributed by atoms with Gasteiger partial charge < -0.3 is 15.5 Å². The van der Waals surface area contributed by atoms with Crippen LogP contribution in [0.3, 0.4) is 0 Å². The number of nitrogens with one attached hydrogen (secondary N) is 2. The lowest BCUT2D eigenvalue weighted by molar-refractivity contribution is 0.0949. The molecular weight excluding hydrogens is 264 g/mol. The number of ether oxygens (including phenoxy) is 1. The Hall–Kier alpha value is -2.62. The second kappa shape index (κ2) is 6.70. The summed E-state index contributed by atoms with van der Waals surface area (Å²) in [5.41, 5.74) is 0.968. The molecule has 0 radical (unpaired) electrons. The van der Waals surface area contributed by atoms with Gasteiger partial charge in [0, 0.05) is 11.3 Å². The Kier molecular flexibility index (Phi) is 4.72. The first-order valence-corrected chi connectivity index (χ1v) is 6.75. The van der Waals surface area contributed by atoms with E-state index in [2.05, 4.69) is 5.32 Å². The zero-order valence-corrected chi connectivity index (χ0v) is 12.1. The van der Waals surface area contributed by atoms with Crippen LogP contribution in [0.15, 0.2) is 54.6 Å². The monoisotopic (exact) mass is 282 g/mol. The van der Waals surface area contributed by atoms with E-state index in [1.54, 1.807) is 38.1 Å². The van der Waals surface area contributed by atoms with E-state index in [4.69, 9.17) is 10.1 Å². The summed E-state index contributed by atoms with van der Waals surface area (Å²) in [4.78, 5) is 12.0. The molecule has 0 aliphatic heterocycles. The van der Waals surface area contributed by atoms with Crippen molar-refractivity contribution in [2.24, 2.45) is 0 Å². The summed E-state index contributed by atoms with van der Waals surface area (Å²) in [6.45, 7) is 3.45. The second-order valence-corrected chi connectivity index (χ2v) is 4.82. The summed E-state index contributed by atoms with van der Waals surface area (Å²) in [6, 6.07) is 16.1. The summed E-state index contributed by atoms with van der Waals surface area (Å²) in [5.74, 6) is 1.23. The van der Waals surface area contributed by atoms with E-state index < -0.39 is 0 Å². The molecule has 0 saturated carbocycles. The molecule has 21 heavy (non-hydrogen) atoms. The highest BCUT2D eigenvalue weighted by Crippen LogP contribution is 2.21. The van der Waals surface area contributed by atoms with Crippen LogP contribution in [0.1, 0.15) is 24.2 Å². The molecule has 0 heterocycles. The van der Waals surface area contributed by atoms with Crippen LogP contribution in [0.2, 0.25) is 0 Å². The van der Waals surface area contributed by atoms with E-state index in [-0.39, 0.29) is 11.9 Å². The lowest BCUT2D eigenvalue weighted by Crippen LogP contribution is -2.36. The van der Waals surface area contributed by atoms with Crippen molar-refractivity contribution in [2.45, 2.75) is 19.9 Å². The highest BCUT2D eigenvalue weighted by Gasteiger charge is 2.11. The number of carbonyl (C=O) groups excluding carboxylic acids is 1. The first-order valence-electron chi connectivity index (χ1n) is 6.75. The van der Waals surface area contributed by atoms with Crippen molar-refractivity contribution in [3.63, 3.8) is 0 Å². The van der Waals surface area contributed by atoms with Crippen molar-refractivity contribution in [1.82, 2.24) is 5.32 Å². The van der Waals surface area contributed by atoms with Crippen molar-refractivity contribution in [2.75, 3.05) is 0 Å². The molecule has 1 amide bonds. The summed E-state index contributed by atoms with van der Waals surface area (Å²) < 4.78 is 5.67. The topological polar surface area (TPSA) is 62.2 Å². The predicted molar refractivity (Wildman–Crippen MR) is 83.3 cm³/mol. The van der Waals surface area contributed by atoms with Crippen LogP contribution < -0.4 is 10.1 Å². The number of hydrogen-bond donors (Lipinski definition) is 2. The van der Waals surface area contributed by atoms with Crippen LogP contribution in [0, 0.1) is 5.41 Å². The van der Waals surface area contributed by atoms with Crippen LogP contribution in [0.4, 0.5) is 0 Å². The quantitative estimate of drug-likeness (QED) is 0.822.